The van der Waals surface area contributed by atoms with Gasteiger partial charge in [0.2, 0.25) is 0 Å². The molecule has 0 aromatic heterocycles. The van der Waals surface area contributed by atoms with Gasteiger partial charge in [-0.1, -0.05) is 0 Å². The summed E-state index contributed by atoms with van der Waals surface area (Å²) >= 11 is 0. The number of cyclic esters (lactones) is 1. The first-order valence-electron chi connectivity index (χ1n) is 7.02. The fourth-order valence-corrected chi connectivity index (χ4v) is 2.44. The van der Waals surface area contributed by atoms with E-state index in [9.17, 15) is 14.0 Å². The molecular weight excluding hydrogens is 309 g/mol. The summed E-state index contributed by atoms with van der Waals surface area (Å²) in [5.41, 5.74) is 1.09. The second kappa shape index (κ2) is 7.14. The summed E-state index contributed by atoms with van der Waals surface area (Å²) in [6, 6.07) is 2.79. The Kier molecular flexibility index (Phi) is 5.22. The highest BCUT2D eigenvalue weighted by atomic mass is 19.1. The average molecular weight is 327 g/mol. The Morgan fingerprint density at radius 2 is 2.26 bits per heavy atom. The van der Waals surface area contributed by atoms with Crippen molar-refractivity contribution in [1.29, 1.82) is 0 Å². The quantitative estimate of drug-likeness (QED) is 0.620. The van der Waals surface area contributed by atoms with Gasteiger partial charge in [-0.2, -0.15) is 0 Å². The Morgan fingerprint density at radius 1 is 1.52 bits per heavy atom. The molecule has 0 radical (unpaired) electrons. The molecule has 2 rings (SSSR count). The van der Waals surface area contributed by atoms with Crippen LogP contribution in [-0.2, 0) is 11.2 Å². The Balaban J connectivity index is 2.21. The first-order chi connectivity index (χ1) is 11.0. The van der Waals surface area contributed by atoms with Gasteiger partial charge in [-0.05, 0) is 24.1 Å². The first-order valence-corrected chi connectivity index (χ1v) is 7.02. The maximum atomic E-state index is 14.2. The highest BCUT2D eigenvalue weighted by Gasteiger charge is 2.33. The third kappa shape index (κ3) is 3.81. The lowest BCUT2D eigenvalue weighted by molar-refractivity contribution is 0.136. The van der Waals surface area contributed by atoms with Crippen molar-refractivity contribution in [3.05, 3.63) is 23.5 Å². The number of ether oxygens (including phenoxy) is 1. The number of hydrogen-bond acceptors (Lipinski definition) is 5. The summed E-state index contributed by atoms with van der Waals surface area (Å²) < 4.78 is 19.2. The Morgan fingerprint density at radius 3 is 2.87 bits per heavy atom. The zero-order valence-electron chi connectivity index (χ0n) is 12.5. The molecule has 126 valence electrons. The minimum atomic E-state index is -1.21. The molecule has 0 spiro atoms. The number of aliphatic hydroxyl groups excluding tert-OH is 1. The van der Waals surface area contributed by atoms with Crippen molar-refractivity contribution in [3.8, 4) is 0 Å². The first kappa shape index (κ1) is 16.8. The molecule has 1 saturated heterocycles. The molecule has 1 aromatic rings. The van der Waals surface area contributed by atoms with Gasteiger partial charge in [-0.25, -0.2) is 14.0 Å². The van der Waals surface area contributed by atoms with Gasteiger partial charge in [-0.15, -0.1) is 0 Å². The predicted molar refractivity (Wildman–Crippen MR) is 80.4 cm³/mol. The summed E-state index contributed by atoms with van der Waals surface area (Å²) in [5, 5.41) is 22.5. The van der Waals surface area contributed by atoms with Gasteiger partial charge < -0.3 is 25.6 Å². The SMILES string of the molecule is CNc1c(F)cc(N2C[C@H](CNC(=O)O)OC2=O)cc1CCO. The number of aliphatic hydroxyl groups is 1. The molecule has 8 nitrogen and oxygen atoms in total. The van der Waals surface area contributed by atoms with Gasteiger partial charge in [0, 0.05) is 13.7 Å². The number of halogens is 1. The van der Waals surface area contributed by atoms with E-state index >= 15 is 0 Å². The van der Waals surface area contributed by atoms with Gasteiger partial charge in [0.25, 0.3) is 0 Å². The molecule has 4 N–H and O–H groups in total. The number of amides is 2. The number of nitrogens with zero attached hydrogens (tertiary/aromatic N) is 1. The zero-order valence-corrected chi connectivity index (χ0v) is 12.5. The molecule has 0 saturated carbocycles. The third-order valence-electron chi connectivity index (χ3n) is 3.45. The molecular formula is C14H18FN3O5. The summed E-state index contributed by atoms with van der Waals surface area (Å²) in [6.07, 6.45) is -2.30. The van der Waals surface area contributed by atoms with Crippen LogP contribution in [0, 0.1) is 5.82 Å². The molecule has 1 fully saturated rings. The van der Waals surface area contributed by atoms with Crippen molar-refractivity contribution in [2.75, 3.05) is 37.0 Å². The number of hydrogen-bond donors (Lipinski definition) is 4. The minimum absolute atomic E-state index is 0.0435. The molecule has 0 bridgehead atoms. The van der Waals surface area contributed by atoms with Gasteiger partial charge in [0.05, 0.1) is 24.5 Å². The number of carbonyl (C=O) groups excluding carboxylic acids is 1. The van der Waals surface area contributed by atoms with E-state index in [0.717, 1.165) is 0 Å². The van der Waals surface area contributed by atoms with Crippen LogP contribution in [0.25, 0.3) is 0 Å². The molecule has 1 heterocycles. The molecule has 1 aliphatic rings. The number of benzene rings is 1. The predicted octanol–water partition coefficient (Wildman–Crippen LogP) is 0.995. The molecule has 1 atom stereocenters. The minimum Gasteiger partial charge on any atom is -0.465 e. The van der Waals surface area contributed by atoms with Crippen molar-refractivity contribution in [1.82, 2.24) is 5.32 Å². The van der Waals surface area contributed by atoms with Gasteiger partial charge in [-0.3, -0.25) is 4.90 Å². The highest BCUT2D eigenvalue weighted by molar-refractivity contribution is 5.90. The lowest BCUT2D eigenvalue weighted by atomic mass is 10.1. The Bertz CT molecular complexity index is 610. The van der Waals surface area contributed by atoms with Crippen LogP contribution in [0.15, 0.2) is 12.1 Å². The Hall–Kier alpha value is -2.55. The molecule has 1 aliphatic heterocycles. The zero-order chi connectivity index (χ0) is 17.0. The van der Waals surface area contributed by atoms with E-state index in [0.29, 0.717) is 11.3 Å². The highest BCUT2D eigenvalue weighted by Crippen LogP contribution is 2.29. The average Bonchev–Trinajstić information content (AvgIpc) is 2.86. The molecule has 23 heavy (non-hydrogen) atoms. The van der Waals surface area contributed by atoms with Crippen molar-refractivity contribution in [2.24, 2.45) is 0 Å². The van der Waals surface area contributed by atoms with Crippen LogP contribution in [0.1, 0.15) is 5.56 Å². The standard InChI is InChI=1S/C14H18FN3O5/c1-16-12-8(2-3-19)4-9(5-11(12)15)18-7-10(23-14(18)22)6-17-13(20)21/h4-5,10,16-17,19H,2-3,6-7H2,1H3,(H,20,21)/t10-/m0/s1. The van der Waals surface area contributed by atoms with Crippen molar-refractivity contribution in [3.63, 3.8) is 0 Å². The molecule has 2 amide bonds. The summed E-state index contributed by atoms with van der Waals surface area (Å²) in [4.78, 5) is 23.6. The second-order valence-electron chi connectivity index (χ2n) is 4.99. The summed E-state index contributed by atoms with van der Waals surface area (Å²) in [6.45, 7) is -0.0959. The van der Waals surface area contributed by atoms with E-state index < -0.39 is 24.1 Å². The van der Waals surface area contributed by atoms with E-state index in [4.69, 9.17) is 14.9 Å². The van der Waals surface area contributed by atoms with Crippen LogP contribution in [0.5, 0.6) is 0 Å². The fourth-order valence-electron chi connectivity index (χ4n) is 2.44. The van der Waals surface area contributed by atoms with Crippen LogP contribution in [-0.4, -0.2) is 55.2 Å². The van der Waals surface area contributed by atoms with Crippen molar-refractivity contribution >= 4 is 23.6 Å². The van der Waals surface area contributed by atoms with Crippen LogP contribution in [0.4, 0.5) is 25.4 Å². The summed E-state index contributed by atoms with van der Waals surface area (Å²) in [7, 11) is 1.57. The van der Waals surface area contributed by atoms with E-state index in [1.165, 1.54) is 11.0 Å². The maximum absolute atomic E-state index is 14.2. The molecule has 0 unspecified atom stereocenters. The van der Waals surface area contributed by atoms with E-state index in [-0.39, 0.29) is 31.8 Å². The molecule has 9 heteroatoms. The summed E-state index contributed by atoms with van der Waals surface area (Å²) in [5.74, 6) is -0.548. The monoisotopic (exact) mass is 327 g/mol. The largest absolute Gasteiger partial charge is 0.465 e. The lowest BCUT2D eigenvalue weighted by Crippen LogP contribution is -2.33. The number of anilines is 2. The second-order valence-corrected chi connectivity index (χ2v) is 4.99. The van der Waals surface area contributed by atoms with Crippen LogP contribution in [0.3, 0.4) is 0 Å². The van der Waals surface area contributed by atoms with Crippen LogP contribution in [0.2, 0.25) is 0 Å². The van der Waals surface area contributed by atoms with Crippen LogP contribution < -0.4 is 15.5 Å². The van der Waals surface area contributed by atoms with Crippen LogP contribution >= 0.6 is 0 Å². The smallest absolute Gasteiger partial charge is 0.414 e. The normalized spacial score (nSPS) is 17.1. The number of carbonyl (C=O) groups is 2. The topological polar surface area (TPSA) is 111 Å². The van der Waals surface area contributed by atoms with Gasteiger partial charge >= 0.3 is 12.2 Å². The van der Waals surface area contributed by atoms with E-state index in [1.807, 2.05) is 0 Å². The maximum Gasteiger partial charge on any atom is 0.414 e. The number of nitrogens with one attached hydrogen (secondary N) is 2. The third-order valence-corrected chi connectivity index (χ3v) is 3.45. The van der Waals surface area contributed by atoms with Crippen molar-refractivity contribution < 1.29 is 28.9 Å². The molecule has 0 aliphatic carbocycles. The van der Waals surface area contributed by atoms with E-state index in [2.05, 4.69) is 10.6 Å². The van der Waals surface area contributed by atoms with E-state index in [1.54, 1.807) is 13.1 Å². The fraction of sp³-hybridized carbons (Fsp3) is 0.429. The number of rotatable bonds is 6. The van der Waals surface area contributed by atoms with Gasteiger partial charge in [0.15, 0.2) is 0 Å². The number of carboxylic acid groups (broad SMARTS) is 1. The molecule has 1 aromatic carbocycles. The van der Waals surface area contributed by atoms with Crippen molar-refractivity contribution in [2.45, 2.75) is 12.5 Å². The lowest BCUT2D eigenvalue weighted by Gasteiger charge is -2.17. The van der Waals surface area contributed by atoms with Gasteiger partial charge in [0.1, 0.15) is 11.9 Å². The Labute approximate surface area is 131 Å².